The van der Waals surface area contributed by atoms with Crippen molar-refractivity contribution in [2.24, 2.45) is 7.05 Å². The Hall–Kier alpha value is -3.13. The molecule has 132 valence electrons. The van der Waals surface area contributed by atoms with Gasteiger partial charge in [-0.2, -0.15) is 0 Å². The van der Waals surface area contributed by atoms with Crippen molar-refractivity contribution in [1.29, 1.82) is 0 Å². The van der Waals surface area contributed by atoms with Crippen molar-refractivity contribution < 1.29 is 9.72 Å². The molecule has 0 spiro atoms. The van der Waals surface area contributed by atoms with E-state index in [1.807, 2.05) is 41.9 Å². The van der Waals surface area contributed by atoms with E-state index < -0.39 is 4.92 Å². The Morgan fingerprint density at radius 1 is 1.19 bits per heavy atom. The summed E-state index contributed by atoms with van der Waals surface area (Å²) in [6.45, 7) is 0. The number of nitro benzene ring substituents is 1. The average Bonchev–Trinajstić information content (AvgIpc) is 3.02. The molecule has 0 bridgehead atoms. The van der Waals surface area contributed by atoms with Gasteiger partial charge in [0.15, 0.2) is 5.16 Å². The van der Waals surface area contributed by atoms with E-state index in [2.05, 4.69) is 10.3 Å². The largest absolute Gasteiger partial charge is 0.325 e. The van der Waals surface area contributed by atoms with E-state index in [0.29, 0.717) is 5.69 Å². The number of hydrogen-bond acceptors (Lipinski definition) is 5. The van der Waals surface area contributed by atoms with Crippen molar-refractivity contribution in [2.45, 2.75) is 5.16 Å². The smallest absolute Gasteiger partial charge is 0.269 e. The van der Waals surface area contributed by atoms with Crippen LogP contribution in [-0.4, -0.2) is 26.1 Å². The molecule has 1 amide bonds. The predicted octanol–water partition coefficient (Wildman–Crippen LogP) is 3.73. The topological polar surface area (TPSA) is 90.1 Å². The van der Waals surface area contributed by atoms with Crippen LogP contribution in [0.1, 0.15) is 0 Å². The predicted molar refractivity (Wildman–Crippen MR) is 101 cm³/mol. The van der Waals surface area contributed by atoms with E-state index in [1.54, 1.807) is 6.20 Å². The molecule has 2 aromatic carbocycles. The lowest BCUT2D eigenvalue weighted by Crippen LogP contribution is -2.14. The molecular formula is C18H16N4O3S. The van der Waals surface area contributed by atoms with E-state index >= 15 is 0 Å². The van der Waals surface area contributed by atoms with Crippen LogP contribution in [0, 0.1) is 10.1 Å². The normalized spacial score (nSPS) is 10.5. The zero-order chi connectivity index (χ0) is 18.5. The van der Waals surface area contributed by atoms with Crippen molar-refractivity contribution in [1.82, 2.24) is 9.55 Å². The van der Waals surface area contributed by atoms with Crippen molar-refractivity contribution in [3.63, 3.8) is 0 Å². The third-order valence-electron chi connectivity index (χ3n) is 3.71. The van der Waals surface area contributed by atoms with Gasteiger partial charge in [-0.1, -0.05) is 42.1 Å². The van der Waals surface area contributed by atoms with Gasteiger partial charge in [0.2, 0.25) is 5.91 Å². The van der Waals surface area contributed by atoms with Gasteiger partial charge >= 0.3 is 0 Å². The first-order valence-corrected chi connectivity index (χ1v) is 8.77. The Morgan fingerprint density at radius 3 is 2.54 bits per heavy atom. The Morgan fingerprint density at radius 2 is 1.88 bits per heavy atom. The van der Waals surface area contributed by atoms with Gasteiger partial charge < -0.3 is 9.88 Å². The quantitative estimate of drug-likeness (QED) is 0.407. The number of nitrogens with one attached hydrogen (secondary N) is 1. The number of benzene rings is 2. The van der Waals surface area contributed by atoms with Gasteiger partial charge in [0.1, 0.15) is 0 Å². The van der Waals surface area contributed by atoms with Gasteiger partial charge in [-0.3, -0.25) is 14.9 Å². The van der Waals surface area contributed by atoms with Gasteiger partial charge in [0.05, 0.1) is 22.6 Å². The number of nitrogens with zero attached hydrogens (tertiary/aromatic N) is 3. The monoisotopic (exact) mass is 368 g/mol. The summed E-state index contributed by atoms with van der Waals surface area (Å²) in [4.78, 5) is 26.6. The molecule has 3 rings (SSSR count). The number of nitro groups is 1. The van der Waals surface area contributed by atoms with Crippen LogP contribution in [-0.2, 0) is 11.8 Å². The standard InChI is InChI=1S/C18H16N4O3S/c1-21-16(13-5-3-2-4-6-13)11-19-18(21)26-12-17(23)20-14-7-9-15(10-8-14)22(24)25/h2-11H,12H2,1H3,(H,20,23). The van der Waals surface area contributed by atoms with E-state index in [1.165, 1.54) is 36.0 Å². The summed E-state index contributed by atoms with van der Waals surface area (Å²) in [6, 6.07) is 15.6. The summed E-state index contributed by atoms with van der Waals surface area (Å²) in [5.41, 5.74) is 2.54. The Bertz CT molecular complexity index is 923. The number of aromatic nitrogens is 2. The maximum Gasteiger partial charge on any atom is 0.269 e. The van der Waals surface area contributed by atoms with Crippen molar-refractivity contribution in [2.75, 3.05) is 11.1 Å². The first kappa shape index (κ1) is 17.7. The van der Waals surface area contributed by atoms with Gasteiger partial charge in [0, 0.05) is 24.9 Å². The van der Waals surface area contributed by atoms with Crippen molar-refractivity contribution in [3.8, 4) is 11.3 Å². The maximum absolute atomic E-state index is 12.1. The van der Waals surface area contributed by atoms with Crippen LogP contribution in [0.5, 0.6) is 0 Å². The number of thioether (sulfide) groups is 1. The highest BCUT2D eigenvalue weighted by Gasteiger charge is 2.12. The molecule has 26 heavy (non-hydrogen) atoms. The molecule has 0 aliphatic rings. The number of carbonyl (C=O) groups excluding carboxylic acids is 1. The third kappa shape index (κ3) is 4.09. The zero-order valence-electron chi connectivity index (χ0n) is 14.0. The summed E-state index contributed by atoms with van der Waals surface area (Å²) in [5, 5.41) is 14.1. The summed E-state index contributed by atoms with van der Waals surface area (Å²) in [6.07, 6.45) is 1.78. The van der Waals surface area contributed by atoms with E-state index in [4.69, 9.17) is 0 Å². The van der Waals surface area contributed by atoms with E-state index in [0.717, 1.165) is 16.4 Å². The van der Waals surface area contributed by atoms with Crippen molar-refractivity contribution >= 4 is 29.0 Å². The minimum atomic E-state index is -0.479. The third-order valence-corrected chi connectivity index (χ3v) is 4.75. The molecule has 1 aromatic heterocycles. The second kappa shape index (κ2) is 7.83. The molecule has 0 fully saturated rings. The molecule has 1 heterocycles. The number of rotatable bonds is 6. The molecule has 0 saturated heterocycles. The highest BCUT2D eigenvalue weighted by atomic mass is 32.2. The van der Waals surface area contributed by atoms with Gasteiger partial charge in [-0.15, -0.1) is 0 Å². The van der Waals surface area contributed by atoms with E-state index in [9.17, 15) is 14.9 Å². The van der Waals surface area contributed by atoms with Gasteiger partial charge in [-0.25, -0.2) is 4.98 Å². The Labute approximate surface area is 154 Å². The molecule has 0 radical (unpaired) electrons. The molecule has 0 saturated carbocycles. The first-order valence-electron chi connectivity index (χ1n) is 7.79. The number of anilines is 1. The van der Waals surface area contributed by atoms with Crippen LogP contribution in [0.25, 0.3) is 11.3 Å². The lowest BCUT2D eigenvalue weighted by Gasteiger charge is -2.07. The minimum absolute atomic E-state index is 0.0150. The number of hydrogen-bond donors (Lipinski definition) is 1. The van der Waals surface area contributed by atoms with Crippen LogP contribution >= 0.6 is 11.8 Å². The first-order chi connectivity index (χ1) is 12.5. The fraction of sp³-hybridized carbons (Fsp3) is 0.111. The van der Waals surface area contributed by atoms with Crippen LogP contribution in [0.2, 0.25) is 0 Å². The van der Waals surface area contributed by atoms with Crippen LogP contribution < -0.4 is 5.32 Å². The number of imidazole rings is 1. The minimum Gasteiger partial charge on any atom is -0.325 e. The fourth-order valence-electron chi connectivity index (χ4n) is 2.40. The summed E-state index contributed by atoms with van der Waals surface area (Å²) < 4.78 is 1.94. The number of carbonyl (C=O) groups is 1. The molecule has 0 aliphatic carbocycles. The summed E-state index contributed by atoms with van der Waals surface area (Å²) >= 11 is 1.33. The lowest BCUT2D eigenvalue weighted by molar-refractivity contribution is -0.384. The number of non-ortho nitro benzene ring substituents is 1. The summed E-state index contributed by atoms with van der Waals surface area (Å²) in [7, 11) is 1.91. The number of amides is 1. The molecule has 0 aliphatic heterocycles. The summed E-state index contributed by atoms with van der Waals surface area (Å²) in [5.74, 6) is -0.0103. The van der Waals surface area contributed by atoms with Crippen LogP contribution in [0.4, 0.5) is 11.4 Å². The Kier molecular flexibility index (Phi) is 5.33. The van der Waals surface area contributed by atoms with E-state index in [-0.39, 0.29) is 17.3 Å². The second-order valence-corrected chi connectivity index (χ2v) is 6.43. The molecule has 3 aromatic rings. The van der Waals surface area contributed by atoms with Crippen molar-refractivity contribution in [3.05, 3.63) is 70.9 Å². The SMILES string of the molecule is Cn1c(-c2ccccc2)cnc1SCC(=O)Nc1ccc([N+](=O)[O-])cc1. The highest BCUT2D eigenvalue weighted by Crippen LogP contribution is 2.24. The molecule has 0 unspecified atom stereocenters. The Balaban J connectivity index is 1.60. The average molecular weight is 368 g/mol. The second-order valence-electron chi connectivity index (χ2n) is 5.49. The van der Waals surface area contributed by atoms with Crippen LogP contribution in [0.3, 0.4) is 0 Å². The zero-order valence-corrected chi connectivity index (χ0v) is 14.8. The maximum atomic E-state index is 12.1. The van der Waals surface area contributed by atoms with Crippen LogP contribution in [0.15, 0.2) is 66.0 Å². The molecule has 8 heteroatoms. The molecule has 7 nitrogen and oxygen atoms in total. The molecular weight excluding hydrogens is 352 g/mol. The fourth-order valence-corrected chi connectivity index (χ4v) is 3.15. The highest BCUT2D eigenvalue weighted by molar-refractivity contribution is 7.99. The van der Waals surface area contributed by atoms with Gasteiger partial charge in [0.25, 0.3) is 5.69 Å². The molecule has 1 N–H and O–H groups in total. The molecule has 0 atom stereocenters. The van der Waals surface area contributed by atoms with Gasteiger partial charge in [-0.05, 0) is 17.7 Å². The lowest BCUT2D eigenvalue weighted by atomic mass is 10.2.